The highest BCUT2D eigenvalue weighted by Gasteiger charge is 2.80. The lowest BCUT2D eigenvalue weighted by atomic mass is 9.31. The average molecular weight is 731 g/mol. The zero-order valence-electron chi connectivity index (χ0n) is 33.8. The molecule has 3 heterocycles. The predicted molar refractivity (Wildman–Crippen MR) is 233 cm³/mol. The van der Waals surface area contributed by atoms with E-state index in [0.29, 0.717) is 10.8 Å². The van der Waals surface area contributed by atoms with Crippen LogP contribution in [-0.2, 0) is 16.2 Å². The van der Waals surface area contributed by atoms with Crippen molar-refractivity contribution in [2.75, 3.05) is 9.80 Å². The second-order valence-electron chi connectivity index (χ2n) is 20.6. The summed E-state index contributed by atoms with van der Waals surface area (Å²) in [6.07, 6.45) is 9.60. The number of furan rings is 1. The second-order valence-corrected chi connectivity index (χ2v) is 20.6. The molecule has 4 heteroatoms. The van der Waals surface area contributed by atoms with Crippen LogP contribution in [0.25, 0.3) is 11.0 Å². The lowest BCUT2D eigenvalue weighted by Crippen LogP contribution is -2.68. The molecule has 5 atom stereocenters. The summed E-state index contributed by atoms with van der Waals surface area (Å²) < 4.78 is 7.40. The predicted octanol–water partition coefficient (Wildman–Crippen LogP) is 11.6. The molecule has 4 saturated carbocycles. The summed E-state index contributed by atoms with van der Waals surface area (Å²) in [4.78, 5) is 5.18. The van der Waals surface area contributed by atoms with Gasteiger partial charge in [-0.1, -0.05) is 82.3 Å². The van der Waals surface area contributed by atoms with Gasteiger partial charge in [0, 0.05) is 33.6 Å². The van der Waals surface area contributed by atoms with Gasteiger partial charge in [-0.3, -0.25) is 0 Å². The third-order valence-electron chi connectivity index (χ3n) is 17.2. The van der Waals surface area contributed by atoms with Gasteiger partial charge in [-0.25, -0.2) is 0 Å². The quantitative estimate of drug-likeness (QED) is 0.169. The van der Waals surface area contributed by atoms with Gasteiger partial charge in [-0.15, -0.1) is 0 Å². The molecule has 0 saturated heterocycles. The maximum atomic E-state index is 7.40. The lowest BCUT2D eigenvalue weighted by Gasteiger charge is -2.73. The maximum absolute atomic E-state index is 7.40. The first kappa shape index (κ1) is 32.4. The van der Waals surface area contributed by atoms with Crippen LogP contribution in [0.5, 0.6) is 0 Å². The lowest BCUT2D eigenvalue weighted by molar-refractivity contribution is -0.198. The highest BCUT2D eigenvalue weighted by atomic mass is 16.3. The molecular weight excluding hydrogens is 679 g/mol. The Morgan fingerprint density at radius 3 is 2.09 bits per heavy atom. The Morgan fingerprint density at radius 2 is 1.36 bits per heavy atom. The molecule has 56 heavy (non-hydrogen) atoms. The number of aryl methyl sites for hydroxylation is 2. The molecule has 2 bridgehead atoms. The summed E-state index contributed by atoms with van der Waals surface area (Å²) in [6, 6.07) is 37.6. The summed E-state index contributed by atoms with van der Waals surface area (Å²) in [5, 5.41) is 1.28. The molecule has 7 aliphatic rings. The van der Waals surface area contributed by atoms with Crippen LogP contribution in [0.4, 0.5) is 34.1 Å². The van der Waals surface area contributed by atoms with Crippen LogP contribution in [0.3, 0.4) is 0 Å². The van der Waals surface area contributed by atoms with Crippen molar-refractivity contribution in [3.63, 3.8) is 0 Å². The van der Waals surface area contributed by atoms with Crippen LogP contribution in [-0.4, -0.2) is 6.71 Å². The number of fused-ring (bicyclic) bond motifs is 8. The molecule has 6 aromatic rings. The standard InChI is InChI=1S/C52H51BN2O/c1-30-12-10-13-31(2)46(30)55-42-17-11-16-41-45(42)53(40-25-38-39(26-43(40)55)50(5,6)21-20-49(38,3)4)48-47(54(41)36-14-8-7-9-15-36)37-24-33(18-19-44(37)56-48)51-27-32-22-34-23-35(29-51)52(34,51)28-32/h7-19,24-26,32,34-35H,20-23,27-29H2,1-6H3/t32-,34?,35?,51?,52?/m0/s1. The first-order chi connectivity index (χ1) is 27.0. The highest BCUT2D eigenvalue weighted by Crippen LogP contribution is 2.86. The van der Waals surface area contributed by atoms with Gasteiger partial charge in [-0.2, -0.15) is 0 Å². The number of hydrogen-bond donors (Lipinski definition) is 0. The third kappa shape index (κ3) is 3.66. The van der Waals surface area contributed by atoms with Crippen LogP contribution >= 0.6 is 0 Å². The molecular formula is C52H51BN2O. The summed E-state index contributed by atoms with van der Waals surface area (Å²) >= 11 is 0. The summed E-state index contributed by atoms with van der Waals surface area (Å²) in [7, 11) is 0. The molecule has 278 valence electrons. The summed E-state index contributed by atoms with van der Waals surface area (Å²) in [6.45, 7) is 14.4. The molecule has 4 unspecified atom stereocenters. The number of hydrogen-bond acceptors (Lipinski definition) is 3. The van der Waals surface area contributed by atoms with Gasteiger partial charge in [0.1, 0.15) is 5.58 Å². The fraction of sp³-hybridized carbons (Fsp3) is 0.385. The third-order valence-corrected chi connectivity index (χ3v) is 17.2. The number of benzene rings is 5. The molecule has 4 fully saturated rings. The van der Waals surface area contributed by atoms with E-state index >= 15 is 0 Å². The molecule has 2 aliphatic heterocycles. The molecule has 13 rings (SSSR count). The molecule has 0 N–H and O–H groups in total. The first-order valence-electron chi connectivity index (χ1n) is 21.6. The van der Waals surface area contributed by atoms with Crippen molar-refractivity contribution in [2.24, 2.45) is 23.2 Å². The van der Waals surface area contributed by atoms with E-state index < -0.39 is 0 Å². The Kier molecular flexibility index (Phi) is 5.92. The Bertz CT molecular complexity index is 2700. The van der Waals surface area contributed by atoms with E-state index in [1.54, 1.807) is 5.56 Å². The van der Waals surface area contributed by atoms with Gasteiger partial charge >= 0.3 is 0 Å². The van der Waals surface area contributed by atoms with Gasteiger partial charge < -0.3 is 14.2 Å². The second kappa shape index (κ2) is 10.2. The number of para-hydroxylation sites is 2. The molecule has 0 radical (unpaired) electrons. The van der Waals surface area contributed by atoms with E-state index in [9.17, 15) is 0 Å². The van der Waals surface area contributed by atoms with Crippen molar-refractivity contribution in [3.8, 4) is 0 Å². The van der Waals surface area contributed by atoms with Crippen molar-refractivity contribution < 1.29 is 4.42 Å². The van der Waals surface area contributed by atoms with Crippen molar-refractivity contribution in [1.82, 2.24) is 0 Å². The number of nitrogens with zero attached hydrogens (tertiary/aromatic N) is 2. The highest BCUT2D eigenvalue weighted by molar-refractivity contribution is 7.00. The fourth-order valence-electron chi connectivity index (χ4n) is 14.7. The van der Waals surface area contributed by atoms with Gasteiger partial charge in [0.05, 0.1) is 17.0 Å². The van der Waals surface area contributed by atoms with E-state index in [0.717, 1.165) is 29.0 Å². The summed E-state index contributed by atoms with van der Waals surface area (Å²) in [5.41, 5.74) is 20.7. The maximum Gasteiger partial charge on any atom is 0.297 e. The largest absolute Gasteiger partial charge is 0.468 e. The zero-order valence-corrected chi connectivity index (χ0v) is 33.8. The molecule has 1 spiro atoms. The van der Waals surface area contributed by atoms with Gasteiger partial charge in [-0.05, 0) is 174 Å². The van der Waals surface area contributed by atoms with Crippen LogP contribution in [0.2, 0.25) is 0 Å². The topological polar surface area (TPSA) is 19.6 Å². The van der Waals surface area contributed by atoms with Crippen LogP contribution < -0.4 is 26.4 Å². The molecule has 5 aromatic carbocycles. The SMILES string of the molecule is Cc1cccc(C)c1N1c2cc3c(cc2B2c4oc5ccc(C67CC8CC9C[C@@H](C6)CC987)cc5c4N(c4ccccc4)c4cccc1c42)C(C)(C)CCC3(C)C. The smallest absolute Gasteiger partial charge is 0.297 e. The fourth-order valence-corrected chi connectivity index (χ4v) is 14.7. The van der Waals surface area contributed by atoms with Crippen molar-refractivity contribution in [2.45, 2.75) is 103 Å². The Hall–Kier alpha value is -4.70. The minimum atomic E-state index is -0.0305. The molecule has 3 nitrogen and oxygen atoms in total. The summed E-state index contributed by atoms with van der Waals surface area (Å²) in [5.74, 6) is 2.84. The van der Waals surface area contributed by atoms with E-state index in [2.05, 4.69) is 148 Å². The van der Waals surface area contributed by atoms with Crippen molar-refractivity contribution in [1.29, 1.82) is 0 Å². The van der Waals surface area contributed by atoms with E-state index in [1.807, 2.05) is 0 Å². The van der Waals surface area contributed by atoms with Crippen LogP contribution in [0, 0.1) is 37.0 Å². The van der Waals surface area contributed by atoms with Crippen molar-refractivity contribution in [3.05, 3.63) is 125 Å². The molecule has 0 amide bonds. The minimum absolute atomic E-state index is 0.0305. The molecule has 1 aromatic heterocycles. The van der Waals surface area contributed by atoms with Gasteiger partial charge in [0.2, 0.25) is 0 Å². The van der Waals surface area contributed by atoms with E-state index in [4.69, 9.17) is 4.42 Å². The zero-order chi connectivity index (χ0) is 37.7. The number of anilines is 6. The van der Waals surface area contributed by atoms with E-state index in [1.165, 1.54) is 118 Å². The molecule has 5 aliphatic carbocycles. The Labute approximate surface area is 332 Å². The monoisotopic (exact) mass is 730 g/mol. The van der Waals surface area contributed by atoms with Gasteiger partial charge in [0.15, 0.2) is 0 Å². The minimum Gasteiger partial charge on any atom is -0.468 e. The van der Waals surface area contributed by atoms with Crippen molar-refractivity contribution >= 4 is 68.4 Å². The number of rotatable bonds is 3. The van der Waals surface area contributed by atoms with Crippen LogP contribution in [0.1, 0.15) is 100 Å². The first-order valence-corrected chi connectivity index (χ1v) is 21.6. The van der Waals surface area contributed by atoms with E-state index in [-0.39, 0.29) is 17.5 Å². The Balaban J connectivity index is 1.12. The van der Waals surface area contributed by atoms with Crippen LogP contribution in [0.15, 0.2) is 101 Å². The van der Waals surface area contributed by atoms with Gasteiger partial charge in [0.25, 0.3) is 6.71 Å². The average Bonchev–Trinajstić information content (AvgIpc) is 3.83. The Morgan fingerprint density at radius 1 is 0.643 bits per heavy atom. The normalized spacial score (nSPS) is 28.9.